The van der Waals surface area contributed by atoms with Crippen LogP contribution in [0.2, 0.25) is 0 Å². The fourth-order valence-corrected chi connectivity index (χ4v) is 1.43. The molecule has 0 rings (SSSR count). The van der Waals surface area contributed by atoms with Gasteiger partial charge in [-0.2, -0.15) is 0 Å². The quantitative estimate of drug-likeness (QED) is 0.120. The maximum absolute atomic E-state index is 10.3. The second-order valence-electron chi connectivity index (χ2n) is 4.96. The first-order valence-corrected chi connectivity index (χ1v) is 6.34. The zero-order valence-electron chi connectivity index (χ0n) is 14.5. The summed E-state index contributed by atoms with van der Waals surface area (Å²) in [6, 6.07) is 0. The predicted octanol–water partition coefficient (Wildman–Crippen LogP) is -2.34. The van der Waals surface area contributed by atoms with Crippen molar-refractivity contribution < 1.29 is 121 Å². The Morgan fingerprint density at radius 3 is 0.667 bits per heavy atom. The average molecular weight is 592 g/mol. The Hall–Kier alpha value is -1.74. The Morgan fingerprint density at radius 2 is 0.600 bits per heavy atom. The maximum atomic E-state index is 10.3. The predicted molar refractivity (Wildman–Crippen MR) is 79.2 cm³/mol. The molecule has 3 radical (unpaired) electrons. The number of carbonyl (C=O) groups is 6. The molecule has 0 spiro atoms. The van der Waals surface area contributed by atoms with Crippen LogP contribution < -0.4 is 6.15 Å². The van der Waals surface area contributed by atoms with Crippen LogP contribution in [-0.4, -0.2) is 87.9 Å². The first kappa shape index (κ1) is 42.4. The second-order valence-corrected chi connectivity index (χ2v) is 4.96. The molecule has 0 saturated carbocycles. The van der Waals surface area contributed by atoms with Gasteiger partial charge < -0.3 is 47.0 Å². The molecule has 0 aliphatic heterocycles. The molecule has 0 aromatic heterocycles. The van der Waals surface area contributed by atoms with Gasteiger partial charge in [-0.05, 0) is 0 Å². The molecule has 0 aromatic rings. The van der Waals surface area contributed by atoms with Crippen molar-refractivity contribution >= 4 is 35.8 Å². The molecule has 0 aliphatic carbocycles. The van der Waals surface area contributed by atoms with Gasteiger partial charge in [0.25, 0.3) is 0 Å². The van der Waals surface area contributed by atoms with E-state index in [-0.39, 0.29) is 57.4 Å². The summed E-state index contributed by atoms with van der Waals surface area (Å²) in [7, 11) is 0. The molecule has 11 N–H and O–H groups in total. The number of carboxylic acids is 6. The summed E-state index contributed by atoms with van der Waals surface area (Å²) in [6.45, 7) is 0. The van der Waals surface area contributed by atoms with E-state index in [0.717, 1.165) is 0 Å². The summed E-state index contributed by atoms with van der Waals surface area (Å²) >= 11 is 0. The normalized spacial score (nSPS) is 9.40. The van der Waals surface area contributed by atoms with E-state index in [4.69, 9.17) is 40.9 Å². The van der Waals surface area contributed by atoms with Gasteiger partial charge in [0.05, 0.1) is 25.7 Å². The largest absolute Gasteiger partial charge is 0.481 e. The third-order valence-corrected chi connectivity index (χ3v) is 2.57. The minimum Gasteiger partial charge on any atom is -0.481 e. The van der Waals surface area contributed by atoms with Gasteiger partial charge >= 0.3 is 35.8 Å². The molecule has 18 heteroatoms. The Kier molecular flexibility index (Phi) is 25.5. The van der Waals surface area contributed by atoms with Crippen LogP contribution in [0.5, 0.6) is 0 Å². The third kappa shape index (κ3) is 18.3. The Bertz CT molecular complexity index is 527. The van der Waals surface area contributed by atoms with Crippen molar-refractivity contribution in [2.75, 3.05) is 0 Å². The molecule has 0 heterocycles. The van der Waals surface area contributed by atoms with Crippen molar-refractivity contribution in [3.8, 4) is 0 Å². The number of hydrogen-bond acceptors (Lipinski definition) is 9. The molecule has 30 heavy (non-hydrogen) atoms. The molecular weight excluding hydrogens is 573 g/mol. The fraction of sp³-hybridized carbons (Fsp3) is 0.500. The summed E-state index contributed by atoms with van der Waals surface area (Å²) < 4.78 is 0. The maximum Gasteiger partial charge on any atom is 0.336 e. The van der Waals surface area contributed by atoms with Gasteiger partial charge in [0.1, 0.15) is 0 Å². The van der Waals surface area contributed by atoms with Crippen LogP contribution in [-0.2, 0) is 80.0 Å². The summed E-state index contributed by atoms with van der Waals surface area (Å²) in [6.07, 6.45) is -4.58. The van der Waals surface area contributed by atoms with E-state index in [1.807, 2.05) is 0 Å². The molecule has 0 atom stereocenters. The molecule has 0 fully saturated rings. The zero-order valence-corrected chi connectivity index (χ0v) is 17.3. The minimum absolute atomic E-state index is 0. The van der Waals surface area contributed by atoms with Gasteiger partial charge in [-0.1, -0.05) is 0 Å². The number of aliphatic carboxylic acids is 6. The van der Waals surface area contributed by atoms with E-state index in [2.05, 4.69) is 0 Å². The summed E-state index contributed by atoms with van der Waals surface area (Å²) in [5.41, 5.74) is -5.48. The monoisotopic (exact) mass is 590 g/mol. The van der Waals surface area contributed by atoms with Crippen LogP contribution in [0.1, 0.15) is 25.7 Å². The van der Waals surface area contributed by atoms with Gasteiger partial charge in [-0.15, -0.1) is 0 Å². The van der Waals surface area contributed by atoms with Crippen LogP contribution >= 0.6 is 0 Å². The first-order chi connectivity index (χ1) is 11.6. The van der Waals surface area contributed by atoms with E-state index in [1.54, 1.807) is 0 Å². The molecule has 0 aromatic carbocycles. The first-order valence-electron chi connectivity index (χ1n) is 6.34. The Balaban J connectivity index is -0.0000000847. The smallest absolute Gasteiger partial charge is 0.336 e. The molecule has 189 valence electrons. The van der Waals surface area contributed by atoms with Crippen LogP contribution in [0.15, 0.2) is 0 Å². The van der Waals surface area contributed by atoms with Crippen LogP contribution in [0, 0.1) is 0 Å². The summed E-state index contributed by atoms with van der Waals surface area (Å²) in [5.74, 6) is -10.0. The summed E-state index contributed by atoms with van der Waals surface area (Å²) in [5, 5.41) is 67.6. The minimum atomic E-state index is -2.74. The number of rotatable bonds is 10. The number of carboxylic acid groups (broad SMARTS) is 6. The Labute approximate surface area is 199 Å². The van der Waals surface area contributed by atoms with Crippen LogP contribution in [0.4, 0.5) is 0 Å². The van der Waals surface area contributed by atoms with E-state index >= 15 is 0 Å². The van der Waals surface area contributed by atoms with E-state index in [0.29, 0.717) is 0 Å². The molecule has 0 unspecified atom stereocenters. The van der Waals surface area contributed by atoms with E-state index in [9.17, 15) is 28.8 Å². The zero-order chi connectivity index (χ0) is 21.3. The van der Waals surface area contributed by atoms with Crippen LogP contribution in [0.3, 0.4) is 0 Å². The van der Waals surface area contributed by atoms with Crippen LogP contribution in [0.25, 0.3) is 0 Å². The molecule has 0 bridgehead atoms. The molecule has 0 amide bonds. The molecule has 0 aliphatic rings. The van der Waals surface area contributed by atoms with E-state index < -0.39 is 72.7 Å². The van der Waals surface area contributed by atoms with Gasteiger partial charge in [-0.3, -0.25) is 19.2 Å². The molecular formula is C12H19Cu3NO14. The average Bonchev–Trinajstić information content (AvgIpc) is 2.34. The fourth-order valence-electron chi connectivity index (χ4n) is 1.43. The number of aliphatic hydroxyl groups is 2. The SMILES string of the molecule is N.O=C(O)CC(O)(CC(=O)O)C(=O)O.O=C(O)CC(O)(CC(=O)O)C(=O)O.[Cu].[Cu].[Cu]. The molecule has 15 nitrogen and oxygen atoms in total. The van der Waals surface area contributed by atoms with Crippen molar-refractivity contribution in [3.05, 3.63) is 0 Å². The van der Waals surface area contributed by atoms with Crippen molar-refractivity contribution in [2.45, 2.75) is 36.9 Å². The topological polar surface area (TPSA) is 299 Å². The van der Waals surface area contributed by atoms with Crippen molar-refractivity contribution in [1.29, 1.82) is 0 Å². The van der Waals surface area contributed by atoms with Gasteiger partial charge in [0, 0.05) is 51.2 Å². The second kappa shape index (κ2) is 18.1. The standard InChI is InChI=1S/2C6H8O7.3Cu.H3N/c2*7-3(8)1-6(13,5(11)12)2-4(9)10;;;;/h2*13H,1-2H2,(H,7,8)(H,9,10)(H,11,12);;;;1H3. The van der Waals surface area contributed by atoms with Crippen molar-refractivity contribution in [3.63, 3.8) is 0 Å². The van der Waals surface area contributed by atoms with Gasteiger partial charge in [0.2, 0.25) is 0 Å². The van der Waals surface area contributed by atoms with Gasteiger partial charge in [0.15, 0.2) is 11.2 Å². The van der Waals surface area contributed by atoms with Crippen molar-refractivity contribution in [2.24, 2.45) is 0 Å². The molecule has 0 saturated heterocycles. The van der Waals surface area contributed by atoms with Crippen molar-refractivity contribution in [1.82, 2.24) is 6.15 Å². The number of hydrogen-bond donors (Lipinski definition) is 9. The third-order valence-electron chi connectivity index (χ3n) is 2.57. The summed E-state index contributed by atoms with van der Waals surface area (Å²) in [4.78, 5) is 61.0. The van der Waals surface area contributed by atoms with E-state index in [1.165, 1.54) is 0 Å². The van der Waals surface area contributed by atoms with Gasteiger partial charge in [-0.25, -0.2) is 9.59 Å². The Morgan fingerprint density at radius 1 is 0.467 bits per heavy atom.